The predicted octanol–water partition coefficient (Wildman–Crippen LogP) is 5.80. The highest BCUT2D eigenvalue weighted by Gasteiger charge is 2.14. The van der Waals surface area contributed by atoms with Gasteiger partial charge in [0.05, 0.1) is 6.54 Å². The number of nitrogens with zero attached hydrogens (tertiary/aromatic N) is 2. The van der Waals surface area contributed by atoms with E-state index in [-0.39, 0.29) is 18.2 Å². The van der Waals surface area contributed by atoms with Gasteiger partial charge in [-0.15, -0.1) is 0 Å². The Hall–Kier alpha value is -3.29. The van der Waals surface area contributed by atoms with Gasteiger partial charge in [-0.05, 0) is 48.5 Å². The molecule has 2 aromatic heterocycles. The molecule has 0 aliphatic heterocycles. The molecule has 4 aromatic rings. The molecular formula is C22H16Cl2FN3O3. The number of carbonyl (C=O) groups is 1. The maximum absolute atomic E-state index is 12.9. The fraction of sp³-hybridized carbons (Fsp3) is 0.0909. The molecule has 0 saturated carbocycles. The Balaban J connectivity index is 1.35. The van der Waals surface area contributed by atoms with Gasteiger partial charge in [-0.25, -0.2) is 4.39 Å². The third-order valence-corrected chi connectivity index (χ3v) is 5.05. The monoisotopic (exact) mass is 459 g/mol. The Morgan fingerprint density at radius 1 is 1.06 bits per heavy atom. The van der Waals surface area contributed by atoms with Crippen LogP contribution in [-0.4, -0.2) is 15.7 Å². The van der Waals surface area contributed by atoms with Gasteiger partial charge in [0.1, 0.15) is 23.9 Å². The van der Waals surface area contributed by atoms with Crippen LogP contribution in [0.15, 0.2) is 71.3 Å². The Morgan fingerprint density at radius 3 is 2.55 bits per heavy atom. The number of ether oxygens (including phenoxy) is 1. The first-order valence-corrected chi connectivity index (χ1v) is 9.98. The number of halogens is 3. The van der Waals surface area contributed by atoms with Crippen molar-refractivity contribution in [3.05, 3.63) is 99.8 Å². The number of hydrogen-bond acceptors (Lipinski definition) is 4. The summed E-state index contributed by atoms with van der Waals surface area (Å²) in [5, 5.41) is 8.07. The molecule has 0 saturated heterocycles. The van der Waals surface area contributed by atoms with Crippen molar-refractivity contribution in [2.45, 2.75) is 13.2 Å². The molecule has 0 spiro atoms. The van der Waals surface area contributed by atoms with Gasteiger partial charge in [0.25, 0.3) is 5.91 Å². The summed E-state index contributed by atoms with van der Waals surface area (Å²) >= 11 is 12.4. The van der Waals surface area contributed by atoms with Crippen LogP contribution in [0.4, 0.5) is 10.2 Å². The van der Waals surface area contributed by atoms with E-state index in [4.69, 9.17) is 32.4 Å². The van der Waals surface area contributed by atoms with Crippen LogP contribution in [0.25, 0.3) is 0 Å². The van der Waals surface area contributed by atoms with Crippen molar-refractivity contribution in [1.82, 2.24) is 9.78 Å². The van der Waals surface area contributed by atoms with Gasteiger partial charge in [0.2, 0.25) is 0 Å². The van der Waals surface area contributed by atoms with E-state index in [1.54, 1.807) is 47.3 Å². The summed E-state index contributed by atoms with van der Waals surface area (Å²) in [7, 11) is 0. The first-order chi connectivity index (χ1) is 15.0. The molecule has 0 unspecified atom stereocenters. The number of amides is 1. The first-order valence-electron chi connectivity index (χ1n) is 9.23. The number of carbonyl (C=O) groups excluding carboxylic acids is 1. The van der Waals surface area contributed by atoms with Crippen LogP contribution in [0.2, 0.25) is 10.0 Å². The van der Waals surface area contributed by atoms with Gasteiger partial charge in [-0.1, -0.05) is 29.3 Å². The zero-order chi connectivity index (χ0) is 21.8. The number of aromatic nitrogens is 2. The molecule has 2 aromatic carbocycles. The van der Waals surface area contributed by atoms with Crippen molar-refractivity contribution in [2.24, 2.45) is 0 Å². The molecule has 2 heterocycles. The molecule has 4 rings (SSSR count). The fourth-order valence-corrected chi connectivity index (χ4v) is 3.32. The third-order valence-electron chi connectivity index (χ3n) is 4.34. The molecule has 31 heavy (non-hydrogen) atoms. The normalized spacial score (nSPS) is 10.8. The minimum atomic E-state index is -0.450. The Labute approximate surface area is 187 Å². The highest BCUT2D eigenvalue weighted by Crippen LogP contribution is 2.25. The van der Waals surface area contributed by atoms with E-state index in [1.165, 1.54) is 24.3 Å². The first kappa shape index (κ1) is 21.0. The van der Waals surface area contributed by atoms with Crippen molar-refractivity contribution in [2.75, 3.05) is 5.32 Å². The second-order valence-corrected chi connectivity index (χ2v) is 7.38. The molecular weight excluding hydrogens is 444 g/mol. The average Bonchev–Trinajstić information content (AvgIpc) is 3.40. The maximum atomic E-state index is 12.9. The topological polar surface area (TPSA) is 69.3 Å². The van der Waals surface area contributed by atoms with Crippen molar-refractivity contribution >= 4 is 34.9 Å². The number of anilines is 1. The lowest BCUT2D eigenvalue weighted by Gasteiger charge is -2.07. The lowest BCUT2D eigenvalue weighted by atomic mass is 10.2. The molecule has 158 valence electrons. The summed E-state index contributed by atoms with van der Waals surface area (Å²) in [5.74, 6) is 0.618. The second-order valence-electron chi connectivity index (χ2n) is 6.56. The summed E-state index contributed by atoms with van der Waals surface area (Å²) in [6, 6.07) is 15.7. The Bertz CT molecular complexity index is 1180. The van der Waals surface area contributed by atoms with Gasteiger partial charge in [-0.2, -0.15) is 5.10 Å². The molecule has 1 amide bonds. The van der Waals surface area contributed by atoms with Crippen molar-refractivity contribution in [3.63, 3.8) is 0 Å². The minimum absolute atomic E-state index is 0.103. The van der Waals surface area contributed by atoms with Crippen LogP contribution in [0, 0.1) is 5.82 Å². The van der Waals surface area contributed by atoms with Gasteiger partial charge in [0.15, 0.2) is 11.6 Å². The SMILES string of the molecule is O=C(Nc1ccn(Cc2c(Cl)cccc2Cl)n1)c1ccc(COc2ccc(F)cc2)o1. The quantitative estimate of drug-likeness (QED) is 0.379. The molecule has 0 aliphatic carbocycles. The summed E-state index contributed by atoms with van der Waals surface area (Å²) < 4.78 is 25.6. The van der Waals surface area contributed by atoms with Crippen molar-refractivity contribution in [1.29, 1.82) is 0 Å². The molecule has 0 radical (unpaired) electrons. The van der Waals surface area contributed by atoms with E-state index >= 15 is 0 Å². The fourth-order valence-electron chi connectivity index (χ4n) is 2.80. The zero-order valence-electron chi connectivity index (χ0n) is 16.0. The number of benzene rings is 2. The van der Waals surface area contributed by atoms with E-state index < -0.39 is 5.91 Å². The largest absolute Gasteiger partial charge is 0.486 e. The average molecular weight is 460 g/mol. The van der Waals surface area contributed by atoms with Gasteiger partial charge in [-0.3, -0.25) is 9.48 Å². The van der Waals surface area contributed by atoms with Crippen molar-refractivity contribution < 1.29 is 18.3 Å². The van der Waals surface area contributed by atoms with E-state index in [2.05, 4.69) is 10.4 Å². The number of furan rings is 1. The molecule has 6 nitrogen and oxygen atoms in total. The van der Waals surface area contributed by atoms with Crippen molar-refractivity contribution in [3.8, 4) is 5.75 Å². The van der Waals surface area contributed by atoms with Gasteiger partial charge >= 0.3 is 0 Å². The van der Waals surface area contributed by atoms with Crippen LogP contribution in [-0.2, 0) is 13.2 Å². The number of rotatable bonds is 7. The van der Waals surface area contributed by atoms with Crippen LogP contribution >= 0.6 is 23.2 Å². The summed E-state index contributed by atoms with van der Waals surface area (Å²) in [6.45, 7) is 0.464. The molecule has 0 aliphatic rings. The molecule has 9 heteroatoms. The van der Waals surface area contributed by atoms with E-state index in [9.17, 15) is 9.18 Å². The van der Waals surface area contributed by atoms with Gasteiger partial charge in [0, 0.05) is 27.9 Å². The van der Waals surface area contributed by atoms with E-state index in [0.29, 0.717) is 33.9 Å². The Kier molecular flexibility index (Phi) is 6.25. The van der Waals surface area contributed by atoms with Crippen LogP contribution in [0.1, 0.15) is 21.9 Å². The summed E-state index contributed by atoms with van der Waals surface area (Å²) in [4.78, 5) is 12.4. The van der Waals surface area contributed by atoms with Crippen LogP contribution in [0.5, 0.6) is 5.75 Å². The van der Waals surface area contributed by atoms with Crippen LogP contribution < -0.4 is 10.1 Å². The standard InChI is InChI=1S/C22H16Cl2FN3O3/c23-18-2-1-3-19(24)17(18)12-28-11-10-21(27-28)26-22(29)20-9-8-16(31-20)13-30-15-6-4-14(25)5-7-15/h1-11H,12-13H2,(H,26,27,29). The lowest BCUT2D eigenvalue weighted by molar-refractivity contribution is 0.0992. The highest BCUT2D eigenvalue weighted by atomic mass is 35.5. The molecule has 0 atom stereocenters. The smallest absolute Gasteiger partial charge is 0.292 e. The third kappa shape index (κ3) is 5.25. The van der Waals surface area contributed by atoms with Crippen LogP contribution in [0.3, 0.4) is 0 Å². The number of hydrogen-bond donors (Lipinski definition) is 1. The van der Waals surface area contributed by atoms with E-state index in [1.807, 2.05) is 0 Å². The molecule has 1 N–H and O–H groups in total. The van der Waals surface area contributed by atoms with Gasteiger partial charge < -0.3 is 14.5 Å². The summed E-state index contributed by atoms with van der Waals surface area (Å²) in [5.41, 5.74) is 0.739. The predicted molar refractivity (Wildman–Crippen MR) is 115 cm³/mol. The Morgan fingerprint density at radius 2 is 1.81 bits per heavy atom. The highest BCUT2D eigenvalue weighted by molar-refractivity contribution is 6.35. The van der Waals surface area contributed by atoms with E-state index in [0.717, 1.165) is 5.56 Å². The summed E-state index contributed by atoms with van der Waals surface area (Å²) in [6.07, 6.45) is 1.71. The zero-order valence-corrected chi connectivity index (χ0v) is 17.5. The molecule has 0 fully saturated rings. The minimum Gasteiger partial charge on any atom is -0.486 e. The number of nitrogens with one attached hydrogen (secondary N) is 1. The maximum Gasteiger partial charge on any atom is 0.292 e. The lowest BCUT2D eigenvalue weighted by Crippen LogP contribution is -2.12. The molecule has 0 bridgehead atoms. The second kappa shape index (κ2) is 9.24.